The summed E-state index contributed by atoms with van der Waals surface area (Å²) >= 11 is 0. The first-order valence-corrected chi connectivity index (χ1v) is 5.49. The van der Waals surface area contributed by atoms with E-state index < -0.39 is 0 Å². The molecule has 0 aliphatic heterocycles. The van der Waals surface area contributed by atoms with E-state index in [1.807, 2.05) is 24.3 Å². The highest BCUT2D eigenvalue weighted by Gasteiger charge is 2.24. The zero-order chi connectivity index (χ0) is 11.0. The molecule has 1 aromatic heterocycles. The van der Waals surface area contributed by atoms with Gasteiger partial charge in [0.2, 0.25) is 0 Å². The number of fused-ring (bicyclic) bond motifs is 1. The summed E-state index contributed by atoms with van der Waals surface area (Å²) in [5.74, 6) is 0.0149. The highest BCUT2D eigenvalue weighted by atomic mass is 16.1. The van der Waals surface area contributed by atoms with Crippen LogP contribution in [-0.2, 0) is 0 Å². The molecule has 0 spiro atoms. The second-order valence-corrected chi connectivity index (χ2v) is 4.12. The summed E-state index contributed by atoms with van der Waals surface area (Å²) in [5.41, 5.74) is 1.59. The molecule has 0 bridgehead atoms. The molecule has 1 amide bonds. The van der Waals surface area contributed by atoms with Crippen molar-refractivity contribution in [3.05, 3.63) is 42.1 Å². The summed E-state index contributed by atoms with van der Waals surface area (Å²) in [6.07, 6.45) is 3.90. The van der Waals surface area contributed by atoms with E-state index in [4.69, 9.17) is 0 Å². The predicted octanol–water partition coefficient (Wildman–Crippen LogP) is 2.13. The van der Waals surface area contributed by atoms with Crippen molar-refractivity contribution < 1.29 is 4.79 Å². The molecular weight excluding hydrogens is 200 g/mol. The molecule has 1 N–H and O–H groups in total. The number of amides is 1. The topological polar surface area (TPSA) is 42.0 Å². The van der Waals surface area contributed by atoms with Gasteiger partial charge in [-0.25, -0.2) is 0 Å². The molecule has 1 aliphatic carbocycles. The standard InChI is InChI=1S/C13H12N2O/c16-13(15-9-5-6-9)11-7-8-14-12-4-2-1-3-10(11)12/h1-4,7-9H,5-6H2,(H,15,16). The molecule has 1 saturated carbocycles. The Morgan fingerprint density at radius 1 is 1.25 bits per heavy atom. The Morgan fingerprint density at radius 3 is 2.88 bits per heavy atom. The predicted molar refractivity (Wildman–Crippen MR) is 62.2 cm³/mol. The Kier molecular flexibility index (Phi) is 2.10. The van der Waals surface area contributed by atoms with Gasteiger partial charge in [0.1, 0.15) is 0 Å². The molecule has 2 aromatic rings. The van der Waals surface area contributed by atoms with Crippen molar-refractivity contribution in [3.8, 4) is 0 Å². The number of nitrogens with zero attached hydrogens (tertiary/aromatic N) is 1. The number of rotatable bonds is 2. The average Bonchev–Trinajstić information content (AvgIpc) is 3.12. The normalized spacial score (nSPS) is 15.0. The van der Waals surface area contributed by atoms with Crippen LogP contribution in [0.1, 0.15) is 23.2 Å². The zero-order valence-corrected chi connectivity index (χ0v) is 8.81. The largest absolute Gasteiger partial charge is 0.349 e. The van der Waals surface area contributed by atoms with Gasteiger partial charge in [-0.2, -0.15) is 0 Å². The van der Waals surface area contributed by atoms with Gasteiger partial charge in [-0.05, 0) is 25.0 Å². The molecule has 0 radical (unpaired) electrons. The Balaban J connectivity index is 2.04. The molecule has 3 heteroatoms. The van der Waals surface area contributed by atoms with Crippen LogP contribution in [0.4, 0.5) is 0 Å². The second kappa shape index (κ2) is 3.59. The highest BCUT2D eigenvalue weighted by molar-refractivity contribution is 6.06. The van der Waals surface area contributed by atoms with Crippen molar-refractivity contribution in [1.29, 1.82) is 0 Å². The van der Waals surface area contributed by atoms with Crippen molar-refractivity contribution in [1.82, 2.24) is 10.3 Å². The lowest BCUT2D eigenvalue weighted by Crippen LogP contribution is -2.25. The fraction of sp³-hybridized carbons (Fsp3) is 0.231. The first-order valence-electron chi connectivity index (χ1n) is 5.49. The van der Waals surface area contributed by atoms with E-state index in [1.54, 1.807) is 12.3 Å². The number of benzene rings is 1. The Hall–Kier alpha value is -1.90. The van der Waals surface area contributed by atoms with E-state index in [9.17, 15) is 4.79 Å². The van der Waals surface area contributed by atoms with E-state index in [0.717, 1.165) is 29.3 Å². The van der Waals surface area contributed by atoms with Crippen LogP contribution in [0.5, 0.6) is 0 Å². The highest BCUT2D eigenvalue weighted by Crippen LogP contribution is 2.21. The minimum Gasteiger partial charge on any atom is -0.349 e. The second-order valence-electron chi connectivity index (χ2n) is 4.12. The summed E-state index contributed by atoms with van der Waals surface area (Å²) in [6, 6.07) is 9.88. The van der Waals surface area contributed by atoms with Crippen molar-refractivity contribution in [3.63, 3.8) is 0 Å². The molecule has 0 atom stereocenters. The summed E-state index contributed by atoms with van der Waals surface area (Å²) in [5, 5.41) is 3.92. The van der Waals surface area contributed by atoms with Crippen LogP contribution in [0.2, 0.25) is 0 Å². The smallest absolute Gasteiger partial charge is 0.252 e. The van der Waals surface area contributed by atoms with E-state index in [2.05, 4.69) is 10.3 Å². The number of pyridine rings is 1. The van der Waals surface area contributed by atoms with Crippen LogP contribution in [0, 0.1) is 0 Å². The van der Waals surface area contributed by atoms with Crippen LogP contribution in [0.3, 0.4) is 0 Å². The molecule has 1 aliphatic rings. The van der Waals surface area contributed by atoms with Crippen LogP contribution >= 0.6 is 0 Å². The fourth-order valence-corrected chi connectivity index (χ4v) is 1.78. The molecule has 1 fully saturated rings. The maximum atomic E-state index is 12.0. The molecule has 3 rings (SSSR count). The summed E-state index contributed by atoms with van der Waals surface area (Å²) in [6.45, 7) is 0. The van der Waals surface area contributed by atoms with Crippen LogP contribution in [0.15, 0.2) is 36.5 Å². The van der Waals surface area contributed by atoms with Crippen LogP contribution in [-0.4, -0.2) is 16.9 Å². The molecule has 0 saturated heterocycles. The lowest BCUT2D eigenvalue weighted by atomic mass is 10.1. The molecule has 1 heterocycles. The van der Waals surface area contributed by atoms with Crippen molar-refractivity contribution in [2.24, 2.45) is 0 Å². The average molecular weight is 212 g/mol. The molecular formula is C13H12N2O. The number of para-hydroxylation sites is 1. The monoisotopic (exact) mass is 212 g/mol. The summed E-state index contributed by atoms with van der Waals surface area (Å²) < 4.78 is 0. The molecule has 80 valence electrons. The first-order chi connectivity index (χ1) is 7.84. The maximum Gasteiger partial charge on any atom is 0.252 e. The Bertz CT molecular complexity index is 541. The van der Waals surface area contributed by atoms with E-state index in [1.165, 1.54) is 0 Å². The van der Waals surface area contributed by atoms with Gasteiger partial charge in [0.05, 0.1) is 11.1 Å². The van der Waals surface area contributed by atoms with Gasteiger partial charge in [0.25, 0.3) is 5.91 Å². The number of hydrogen-bond acceptors (Lipinski definition) is 2. The van der Waals surface area contributed by atoms with Crippen molar-refractivity contribution in [2.45, 2.75) is 18.9 Å². The van der Waals surface area contributed by atoms with Crippen molar-refractivity contribution in [2.75, 3.05) is 0 Å². The van der Waals surface area contributed by atoms with Gasteiger partial charge in [0.15, 0.2) is 0 Å². The van der Waals surface area contributed by atoms with Gasteiger partial charge in [-0.15, -0.1) is 0 Å². The third kappa shape index (κ3) is 1.65. The van der Waals surface area contributed by atoms with Gasteiger partial charge in [-0.3, -0.25) is 9.78 Å². The number of carbonyl (C=O) groups is 1. The van der Waals surface area contributed by atoms with Crippen LogP contribution in [0.25, 0.3) is 10.9 Å². The number of carbonyl (C=O) groups excluding carboxylic acids is 1. The lowest BCUT2D eigenvalue weighted by molar-refractivity contribution is 0.0952. The van der Waals surface area contributed by atoms with E-state index in [-0.39, 0.29) is 5.91 Å². The molecule has 0 unspecified atom stereocenters. The summed E-state index contributed by atoms with van der Waals surface area (Å²) in [4.78, 5) is 16.2. The minimum atomic E-state index is 0.0149. The third-order valence-corrected chi connectivity index (χ3v) is 2.81. The van der Waals surface area contributed by atoms with Gasteiger partial charge in [-0.1, -0.05) is 18.2 Å². The van der Waals surface area contributed by atoms with Gasteiger partial charge >= 0.3 is 0 Å². The fourth-order valence-electron chi connectivity index (χ4n) is 1.78. The molecule has 1 aromatic carbocycles. The van der Waals surface area contributed by atoms with Gasteiger partial charge in [0, 0.05) is 17.6 Å². The minimum absolute atomic E-state index is 0.0149. The van der Waals surface area contributed by atoms with E-state index >= 15 is 0 Å². The first kappa shape index (κ1) is 9.33. The summed E-state index contributed by atoms with van der Waals surface area (Å²) in [7, 11) is 0. The van der Waals surface area contributed by atoms with Crippen LogP contribution < -0.4 is 5.32 Å². The van der Waals surface area contributed by atoms with E-state index in [0.29, 0.717) is 6.04 Å². The maximum absolute atomic E-state index is 12.0. The third-order valence-electron chi connectivity index (χ3n) is 2.81. The number of aromatic nitrogens is 1. The Labute approximate surface area is 93.5 Å². The SMILES string of the molecule is O=C(NC1CC1)c1ccnc2ccccc12. The zero-order valence-electron chi connectivity index (χ0n) is 8.81. The quantitative estimate of drug-likeness (QED) is 0.828. The molecule has 16 heavy (non-hydrogen) atoms. The van der Waals surface area contributed by atoms with Crippen molar-refractivity contribution >= 4 is 16.8 Å². The molecule has 3 nitrogen and oxygen atoms in total. The lowest BCUT2D eigenvalue weighted by Gasteiger charge is -2.06. The number of nitrogens with one attached hydrogen (secondary N) is 1. The Morgan fingerprint density at radius 2 is 2.06 bits per heavy atom. The number of hydrogen-bond donors (Lipinski definition) is 1. The van der Waals surface area contributed by atoms with Gasteiger partial charge < -0.3 is 5.32 Å².